The van der Waals surface area contributed by atoms with Gasteiger partial charge in [-0.2, -0.15) is 13.2 Å². The summed E-state index contributed by atoms with van der Waals surface area (Å²) in [6, 6.07) is 0. The van der Waals surface area contributed by atoms with Gasteiger partial charge in [-0.05, 0) is 0 Å². The van der Waals surface area contributed by atoms with Crippen molar-refractivity contribution in [2.45, 2.75) is 25.5 Å². The molecule has 1 heterocycles. The van der Waals surface area contributed by atoms with Gasteiger partial charge in [-0.3, -0.25) is 4.98 Å². The van der Waals surface area contributed by atoms with Crippen LogP contribution in [0.1, 0.15) is 23.2 Å². The SMILES string of the molecule is NCc1cnc(C(F)F)c(C(F)(F)F)c1OC(F)(F)F. The number of rotatable bonds is 3. The number of alkyl halides is 8. The van der Waals surface area contributed by atoms with E-state index in [-0.39, 0.29) is 0 Å². The molecule has 0 unspecified atom stereocenters. The minimum absolute atomic E-state index is 0.387. The van der Waals surface area contributed by atoms with Crippen LogP contribution in [0.2, 0.25) is 0 Å². The molecule has 2 N–H and O–H groups in total. The van der Waals surface area contributed by atoms with E-state index in [1.54, 1.807) is 0 Å². The molecule has 11 heteroatoms. The second-order valence-corrected chi connectivity index (χ2v) is 3.42. The van der Waals surface area contributed by atoms with Crippen molar-refractivity contribution in [1.82, 2.24) is 4.98 Å². The van der Waals surface area contributed by atoms with E-state index in [2.05, 4.69) is 9.72 Å². The molecule has 0 radical (unpaired) electrons. The summed E-state index contributed by atoms with van der Waals surface area (Å²) in [4.78, 5) is 2.81. The highest BCUT2D eigenvalue weighted by Crippen LogP contribution is 2.44. The van der Waals surface area contributed by atoms with Gasteiger partial charge in [0.25, 0.3) is 6.43 Å². The lowest BCUT2D eigenvalue weighted by Crippen LogP contribution is -2.24. The minimum atomic E-state index is -5.51. The molecule has 0 saturated carbocycles. The van der Waals surface area contributed by atoms with E-state index >= 15 is 0 Å². The van der Waals surface area contributed by atoms with Gasteiger partial charge in [0.1, 0.15) is 17.0 Å². The fraction of sp³-hybridized carbons (Fsp3) is 0.444. The Morgan fingerprint density at radius 1 is 1.15 bits per heavy atom. The van der Waals surface area contributed by atoms with Crippen molar-refractivity contribution in [1.29, 1.82) is 0 Å². The van der Waals surface area contributed by atoms with E-state index in [1.807, 2.05) is 0 Å². The quantitative estimate of drug-likeness (QED) is 0.871. The van der Waals surface area contributed by atoms with Crippen LogP contribution in [-0.4, -0.2) is 11.3 Å². The lowest BCUT2D eigenvalue weighted by Gasteiger charge is -2.20. The summed E-state index contributed by atoms with van der Waals surface area (Å²) in [6.07, 6.45) is -14.3. The summed E-state index contributed by atoms with van der Waals surface area (Å²) in [5.74, 6) is -1.81. The van der Waals surface area contributed by atoms with E-state index in [4.69, 9.17) is 5.73 Å². The lowest BCUT2D eigenvalue weighted by molar-refractivity contribution is -0.276. The van der Waals surface area contributed by atoms with Gasteiger partial charge in [0.15, 0.2) is 0 Å². The summed E-state index contributed by atoms with van der Waals surface area (Å²) < 4.78 is 103. The van der Waals surface area contributed by atoms with Crippen LogP contribution >= 0.6 is 0 Å². The maximum Gasteiger partial charge on any atom is 0.573 e. The highest BCUT2D eigenvalue weighted by Gasteiger charge is 2.44. The zero-order valence-corrected chi connectivity index (χ0v) is 9.32. The van der Waals surface area contributed by atoms with E-state index in [1.165, 1.54) is 0 Å². The van der Waals surface area contributed by atoms with Gasteiger partial charge in [0.05, 0.1) is 0 Å². The van der Waals surface area contributed by atoms with Crippen molar-refractivity contribution in [3.8, 4) is 5.75 Å². The summed E-state index contributed by atoms with van der Waals surface area (Å²) in [6.45, 7) is -0.801. The normalized spacial score (nSPS) is 12.9. The molecule has 0 fully saturated rings. The van der Waals surface area contributed by atoms with Crippen LogP contribution in [-0.2, 0) is 12.7 Å². The van der Waals surface area contributed by atoms with Gasteiger partial charge in [0.2, 0.25) is 0 Å². The number of pyridine rings is 1. The first kappa shape index (κ1) is 16.4. The Morgan fingerprint density at radius 2 is 1.70 bits per heavy atom. The Kier molecular flexibility index (Phi) is 4.42. The zero-order chi connectivity index (χ0) is 15.7. The third-order valence-corrected chi connectivity index (χ3v) is 2.06. The maximum absolute atomic E-state index is 12.7. The number of hydrogen-bond acceptors (Lipinski definition) is 3. The molecule has 20 heavy (non-hydrogen) atoms. The van der Waals surface area contributed by atoms with Crippen LogP contribution in [0.25, 0.3) is 0 Å². The van der Waals surface area contributed by atoms with E-state index < -0.39 is 48.1 Å². The summed E-state index contributed by atoms with van der Waals surface area (Å²) in [5.41, 5.74) is 0.0358. The molecule has 1 aromatic rings. The van der Waals surface area contributed by atoms with E-state index in [0.29, 0.717) is 6.20 Å². The summed E-state index contributed by atoms with van der Waals surface area (Å²) in [5, 5.41) is 0. The Morgan fingerprint density at radius 3 is 2.05 bits per heavy atom. The molecule has 0 aromatic carbocycles. The first-order valence-corrected chi connectivity index (χ1v) is 4.80. The van der Waals surface area contributed by atoms with Gasteiger partial charge in [-0.1, -0.05) is 0 Å². The van der Waals surface area contributed by atoms with E-state index in [0.717, 1.165) is 0 Å². The molecular weight excluding hydrogens is 304 g/mol. The molecule has 0 aliphatic rings. The minimum Gasteiger partial charge on any atom is -0.405 e. The Labute approximate surface area is 106 Å². The van der Waals surface area contributed by atoms with Crippen molar-refractivity contribution < 1.29 is 39.9 Å². The molecule has 1 aromatic heterocycles. The topological polar surface area (TPSA) is 48.1 Å². The molecule has 0 saturated heterocycles. The first-order valence-electron chi connectivity index (χ1n) is 4.80. The highest BCUT2D eigenvalue weighted by atomic mass is 19.4. The molecular formula is C9H6F8N2O. The molecule has 1 rings (SSSR count). The lowest BCUT2D eigenvalue weighted by atomic mass is 10.1. The van der Waals surface area contributed by atoms with Gasteiger partial charge in [-0.25, -0.2) is 8.78 Å². The first-order chi connectivity index (χ1) is 8.97. The number of nitrogens with zero attached hydrogens (tertiary/aromatic N) is 1. The van der Waals surface area contributed by atoms with Gasteiger partial charge in [-0.15, -0.1) is 13.2 Å². The molecule has 3 nitrogen and oxygen atoms in total. The van der Waals surface area contributed by atoms with Crippen LogP contribution in [0.15, 0.2) is 6.20 Å². The van der Waals surface area contributed by atoms with Crippen molar-refractivity contribution in [2.75, 3.05) is 0 Å². The maximum atomic E-state index is 12.7. The van der Waals surface area contributed by atoms with Gasteiger partial charge >= 0.3 is 12.5 Å². The summed E-state index contributed by atoms with van der Waals surface area (Å²) >= 11 is 0. The standard InChI is InChI=1S/C9H6F8N2O/c10-7(11)5-4(8(12,13)14)6(20-9(15,16)17)3(1-18)2-19-5/h2,7H,1,18H2. The average molecular weight is 310 g/mol. The van der Waals surface area contributed by atoms with Gasteiger partial charge in [0, 0.05) is 18.3 Å². The fourth-order valence-electron chi connectivity index (χ4n) is 1.36. The second kappa shape index (κ2) is 5.38. The smallest absolute Gasteiger partial charge is 0.405 e. The average Bonchev–Trinajstić information content (AvgIpc) is 2.24. The Hall–Kier alpha value is -1.65. The Balaban J connectivity index is 3.61. The number of ether oxygens (including phenoxy) is 1. The number of aromatic nitrogens is 1. The molecule has 0 spiro atoms. The largest absolute Gasteiger partial charge is 0.573 e. The number of halogens is 8. The molecule has 0 amide bonds. The molecule has 0 aliphatic heterocycles. The number of nitrogens with two attached hydrogens (primary N) is 1. The van der Waals surface area contributed by atoms with Crippen LogP contribution < -0.4 is 10.5 Å². The van der Waals surface area contributed by atoms with Gasteiger partial charge < -0.3 is 10.5 Å². The predicted octanol–water partition coefficient (Wildman–Crippen LogP) is 3.40. The monoisotopic (exact) mass is 310 g/mol. The molecule has 0 aliphatic carbocycles. The number of hydrogen-bond donors (Lipinski definition) is 1. The van der Waals surface area contributed by atoms with Crippen LogP contribution in [0.5, 0.6) is 5.75 Å². The highest BCUT2D eigenvalue weighted by molar-refractivity contribution is 5.45. The second-order valence-electron chi connectivity index (χ2n) is 3.42. The summed E-state index contributed by atoms with van der Waals surface area (Å²) in [7, 11) is 0. The molecule has 114 valence electrons. The van der Waals surface area contributed by atoms with Crippen LogP contribution in [0.4, 0.5) is 35.1 Å². The van der Waals surface area contributed by atoms with E-state index in [9.17, 15) is 35.1 Å². The molecule has 0 bridgehead atoms. The van der Waals surface area contributed by atoms with Crippen LogP contribution in [0.3, 0.4) is 0 Å². The third kappa shape index (κ3) is 3.68. The fourth-order valence-corrected chi connectivity index (χ4v) is 1.36. The van der Waals surface area contributed by atoms with Crippen LogP contribution in [0, 0.1) is 0 Å². The zero-order valence-electron chi connectivity index (χ0n) is 9.32. The predicted molar refractivity (Wildman–Crippen MR) is 48.8 cm³/mol. The molecule has 0 atom stereocenters. The van der Waals surface area contributed by atoms with Crippen molar-refractivity contribution in [3.63, 3.8) is 0 Å². The Bertz CT molecular complexity index is 482. The third-order valence-electron chi connectivity index (χ3n) is 2.06. The van der Waals surface area contributed by atoms with Crippen molar-refractivity contribution >= 4 is 0 Å². The van der Waals surface area contributed by atoms with Crippen molar-refractivity contribution in [2.24, 2.45) is 5.73 Å². The van der Waals surface area contributed by atoms with Crippen molar-refractivity contribution in [3.05, 3.63) is 23.0 Å².